The molecule has 1 heterocycles. The summed E-state index contributed by atoms with van der Waals surface area (Å²) in [6, 6.07) is 6.56. The third-order valence-electron chi connectivity index (χ3n) is 4.02. The zero-order valence-corrected chi connectivity index (χ0v) is 14.1. The van der Waals surface area contributed by atoms with Gasteiger partial charge in [0.1, 0.15) is 0 Å². The van der Waals surface area contributed by atoms with Crippen LogP contribution in [0.3, 0.4) is 0 Å². The fraction of sp³-hybridized carbons (Fsp3) is 0.500. The second kappa shape index (κ2) is 6.44. The van der Waals surface area contributed by atoms with E-state index in [0.717, 1.165) is 24.2 Å². The van der Waals surface area contributed by atoms with Gasteiger partial charge in [0.2, 0.25) is 0 Å². The minimum atomic E-state index is 0.485. The molecule has 0 aliphatic rings. The van der Waals surface area contributed by atoms with Crippen molar-refractivity contribution in [2.24, 2.45) is 0 Å². The molecule has 0 spiro atoms. The Kier molecular flexibility index (Phi) is 4.84. The van der Waals surface area contributed by atoms with Crippen molar-refractivity contribution in [1.29, 1.82) is 0 Å². The number of aromatic nitrogens is 1. The zero-order chi connectivity index (χ0) is 15.6. The molecule has 2 rings (SSSR count). The van der Waals surface area contributed by atoms with Crippen molar-refractivity contribution in [3.8, 4) is 0 Å². The molecule has 0 aliphatic heterocycles. The number of benzene rings is 1. The van der Waals surface area contributed by atoms with E-state index >= 15 is 0 Å². The molecule has 21 heavy (non-hydrogen) atoms. The minimum absolute atomic E-state index is 0.485. The molecule has 3 heteroatoms. The van der Waals surface area contributed by atoms with E-state index in [1.807, 2.05) is 7.05 Å². The second-order valence-electron chi connectivity index (χ2n) is 6.17. The highest BCUT2D eigenvalue weighted by Crippen LogP contribution is 2.34. The number of fused-ring (bicyclic) bond motifs is 1. The number of aryl methyl sites for hydroxylation is 1. The van der Waals surface area contributed by atoms with Crippen molar-refractivity contribution >= 4 is 16.6 Å². The van der Waals surface area contributed by atoms with Crippen LogP contribution >= 0.6 is 0 Å². The Bertz CT molecular complexity index is 630. The topological polar surface area (TPSA) is 28.2 Å². The average molecular weight is 285 g/mol. The highest BCUT2D eigenvalue weighted by Gasteiger charge is 2.16. The standard InChI is InChI=1S/C18H27N3/c1-12(2)14-8-7-9-16-17(14)20-13(3)15(10-11-19-4)18(16)21(5)6/h7-9,12,19H,10-11H2,1-6H3. The van der Waals surface area contributed by atoms with Crippen molar-refractivity contribution in [1.82, 2.24) is 10.3 Å². The first-order valence-electron chi connectivity index (χ1n) is 7.71. The lowest BCUT2D eigenvalue weighted by atomic mass is 9.96. The average Bonchev–Trinajstić information content (AvgIpc) is 2.43. The molecule has 1 aromatic carbocycles. The van der Waals surface area contributed by atoms with Crippen molar-refractivity contribution in [2.45, 2.75) is 33.1 Å². The number of nitrogens with zero attached hydrogens (tertiary/aromatic N) is 2. The van der Waals surface area contributed by atoms with Gasteiger partial charge >= 0.3 is 0 Å². The highest BCUT2D eigenvalue weighted by molar-refractivity contribution is 5.95. The summed E-state index contributed by atoms with van der Waals surface area (Å²) in [6.07, 6.45) is 1.00. The highest BCUT2D eigenvalue weighted by atomic mass is 15.1. The predicted octanol–water partition coefficient (Wildman–Crippen LogP) is 3.49. The lowest BCUT2D eigenvalue weighted by Crippen LogP contribution is -2.18. The third-order valence-corrected chi connectivity index (χ3v) is 4.02. The van der Waals surface area contributed by atoms with Gasteiger partial charge in [0.05, 0.1) is 11.2 Å². The van der Waals surface area contributed by atoms with E-state index in [2.05, 4.69) is 63.3 Å². The number of pyridine rings is 1. The molecule has 0 saturated heterocycles. The Balaban J connectivity index is 2.76. The Morgan fingerprint density at radius 3 is 2.52 bits per heavy atom. The van der Waals surface area contributed by atoms with Gasteiger partial charge in [-0.05, 0) is 44.0 Å². The quantitative estimate of drug-likeness (QED) is 0.911. The molecule has 0 amide bonds. The second-order valence-corrected chi connectivity index (χ2v) is 6.17. The van der Waals surface area contributed by atoms with Crippen LogP contribution in [0, 0.1) is 6.92 Å². The van der Waals surface area contributed by atoms with Crippen LogP contribution in [0.15, 0.2) is 18.2 Å². The molecule has 0 aliphatic carbocycles. The van der Waals surface area contributed by atoms with Crippen molar-refractivity contribution in [2.75, 3.05) is 32.6 Å². The molecule has 0 fully saturated rings. The van der Waals surface area contributed by atoms with Gasteiger partial charge in [-0.15, -0.1) is 0 Å². The molecule has 0 atom stereocenters. The lowest BCUT2D eigenvalue weighted by molar-refractivity contribution is 0.784. The summed E-state index contributed by atoms with van der Waals surface area (Å²) in [4.78, 5) is 7.17. The summed E-state index contributed by atoms with van der Waals surface area (Å²) in [5.41, 5.74) is 6.30. The van der Waals surface area contributed by atoms with Crippen molar-refractivity contribution in [3.05, 3.63) is 35.0 Å². The maximum absolute atomic E-state index is 4.94. The summed E-state index contributed by atoms with van der Waals surface area (Å²) in [5.74, 6) is 0.485. The molecule has 0 radical (unpaired) electrons. The van der Waals surface area contributed by atoms with E-state index in [1.54, 1.807) is 0 Å². The third kappa shape index (κ3) is 3.03. The molecule has 0 saturated carbocycles. The maximum atomic E-state index is 4.94. The Morgan fingerprint density at radius 2 is 1.95 bits per heavy atom. The number of anilines is 1. The molecule has 0 bridgehead atoms. The first-order valence-corrected chi connectivity index (χ1v) is 7.71. The van der Waals surface area contributed by atoms with Crippen LogP contribution < -0.4 is 10.2 Å². The maximum Gasteiger partial charge on any atom is 0.0760 e. The first kappa shape index (κ1) is 15.8. The fourth-order valence-electron chi connectivity index (χ4n) is 2.97. The van der Waals surface area contributed by atoms with Gasteiger partial charge in [0.25, 0.3) is 0 Å². The molecule has 114 valence electrons. The molecule has 3 nitrogen and oxygen atoms in total. The largest absolute Gasteiger partial charge is 0.377 e. The van der Waals surface area contributed by atoms with E-state index in [9.17, 15) is 0 Å². The van der Waals surface area contributed by atoms with Gasteiger partial charge in [-0.1, -0.05) is 32.0 Å². The summed E-state index contributed by atoms with van der Waals surface area (Å²) in [5, 5.41) is 4.51. The van der Waals surface area contributed by atoms with Crippen LogP contribution in [-0.2, 0) is 6.42 Å². The van der Waals surface area contributed by atoms with Gasteiger partial charge in [-0.2, -0.15) is 0 Å². The van der Waals surface area contributed by atoms with Crippen LogP contribution in [0.2, 0.25) is 0 Å². The van der Waals surface area contributed by atoms with E-state index in [4.69, 9.17) is 4.98 Å². The SMILES string of the molecule is CNCCc1c(C)nc2c(C(C)C)cccc2c1N(C)C. The zero-order valence-electron chi connectivity index (χ0n) is 14.1. The van der Waals surface area contributed by atoms with Crippen LogP contribution in [0.25, 0.3) is 10.9 Å². The van der Waals surface area contributed by atoms with Gasteiger partial charge in [-0.25, -0.2) is 0 Å². The molecular weight excluding hydrogens is 258 g/mol. The number of para-hydroxylation sites is 1. The van der Waals surface area contributed by atoms with Crippen molar-refractivity contribution in [3.63, 3.8) is 0 Å². The Hall–Kier alpha value is -1.61. The van der Waals surface area contributed by atoms with Gasteiger partial charge < -0.3 is 10.2 Å². The number of likely N-dealkylation sites (N-methyl/N-ethyl adjacent to an activating group) is 1. The summed E-state index contributed by atoms with van der Waals surface area (Å²) < 4.78 is 0. The fourth-order valence-corrected chi connectivity index (χ4v) is 2.97. The van der Waals surface area contributed by atoms with Gasteiger partial charge in [0, 0.05) is 25.2 Å². The molecule has 0 unspecified atom stereocenters. The van der Waals surface area contributed by atoms with E-state index in [0.29, 0.717) is 5.92 Å². The number of nitrogens with one attached hydrogen (secondary N) is 1. The van der Waals surface area contributed by atoms with Crippen LogP contribution in [0.5, 0.6) is 0 Å². The van der Waals surface area contributed by atoms with Gasteiger partial charge in [-0.3, -0.25) is 4.98 Å². The van der Waals surface area contributed by atoms with E-state index in [-0.39, 0.29) is 0 Å². The van der Waals surface area contributed by atoms with Crippen LogP contribution in [0.1, 0.15) is 36.6 Å². The minimum Gasteiger partial charge on any atom is -0.377 e. The van der Waals surface area contributed by atoms with E-state index < -0.39 is 0 Å². The number of rotatable bonds is 5. The lowest BCUT2D eigenvalue weighted by Gasteiger charge is -2.23. The first-order chi connectivity index (χ1) is 9.97. The monoisotopic (exact) mass is 285 g/mol. The van der Waals surface area contributed by atoms with Crippen molar-refractivity contribution < 1.29 is 0 Å². The molecular formula is C18H27N3. The van der Waals surface area contributed by atoms with Gasteiger partial charge in [0.15, 0.2) is 0 Å². The summed E-state index contributed by atoms with van der Waals surface area (Å²) in [6.45, 7) is 7.57. The smallest absolute Gasteiger partial charge is 0.0760 e. The van der Waals surface area contributed by atoms with E-state index in [1.165, 1.54) is 22.2 Å². The Labute approximate surface area is 128 Å². The normalized spacial score (nSPS) is 11.4. The molecule has 1 N–H and O–H groups in total. The molecule has 2 aromatic rings. The van der Waals surface area contributed by atoms with Crippen LogP contribution in [0.4, 0.5) is 5.69 Å². The number of hydrogen-bond acceptors (Lipinski definition) is 3. The Morgan fingerprint density at radius 1 is 1.24 bits per heavy atom. The molecule has 1 aromatic heterocycles. The summed E-state index contributed by atoms with van der Waals surface area (Å²) >= 11 is 0. The summed E-state index contributed by atoms with van der Waals surface area (Å²) in [7, 11) is 6.24. The number of hydrogen-bond donors (Lipinski definition) is 1. The van der Waals surface area contributed by atoms with Crippen LogP contribution in [-0.4, -0.2) is 32.7 Å². The predicted molar refractivity (Wildman–Crippen MR) is 92.5 cm³/mol.